The van der Waals surface area contributed by atoms with Gasteiger partial charge >= 0.3 is 5.97 Å². The molecule has 0 aliphatic carbocycles. The van der Waals surface area contributed by atoms with Crippen LogP contribution in [0.25, 0.3) is 0 Å². The summed E-state index contributed by atoms with van der Waals surface area (Å²) in [6.45, 7) is 1.15. The van der Waals surface area contributed by atoms with E-state index >= 15 is 0 Å². The number of carbonyl (C=O) groups is 2. The molecule has 2 aromatic rings. The third-order valence-corrected chi connectivity index (χ3v) is 3.95. The van der Waals surface area contributed by atoms with Gasteiger partial charge in [0.1, 0.15) is 17.1 Å². The number of carbonyl (C=O) groups excluding carboxylic acids is 2. The van der Waals surface area contributed by atoms with Crippen molar-refractivity contribution in [3.05, 3.63) is 41.5 Å². The topological polar surface area (TPSA) is 123 Å². The van der Waals surface area contributed by atoms with Crippen LogP contribution in [0.4, 0.5) is 0 Å². The fourth-order valence-electron chi connectivity index (χ4n) is 2.83. The highest BCUT2D eigenvalue weighted by Gasteiger charge is 2.43. The van der Waals surface area contributed by atoms with Gasteiger partial charge in [-0.15, -0.1) is 0 Å². The van der Waals surface area contributed by atoms with Crippen LogP contribution in [0.15, 0.2) is 30.3 Å². The minimum atomic E-state index is -1.36. The van der Waals surface area contributed by atoms with Crippen LogP contribution < -0.4 is 9.47 Å². The number of hydrogen-bond acceptors (Lipinski definition) is 8. The van der Waals surface area contributed by atoms with Gasteiger partial charge in [-0.05, 0) is 17.7 Å². The van der Waals surface area contributed by atoms with Crippen LogP contribution in [0, 0.1) is 0 Å². The summed E-state index contributed by atoms with van der Waals surface area (Å²) in [4.78, 5) is 24.4. The summed E-state index contributed by atoms with van der Waals surface area (Å²) in [5, 5.41) is 29.6. The van der Waals surface area contributed by atoms with Crippen LogP contribution in [0.2, 0.25) is 0 Å². The number of aromatic hydroxyl groups is 3. The molecule has 0 saturated carbocycles. The highest BCUT2D eigenvalue weighted by molar-refractivity contribution is 6.07. The first kappa shape index (κ1) is 17.4. The smallest absolute Gasteiger partial charge is 0.303 e. The van der Waals surface area contributed by atoms with Crippen molar-refractivity contribution in [1.82, 2.24) is 0 Å². The molecule has 2 atom stereocenters. The Kier molecular flexibility index (Phi) is 4.33. The monoisotopic (exact) mass is 360 g/mol. The zero-order chi connectivity index (χ0) is 19.0. The van der Waals surface area contributed by atoms with Crippen molar-refractivity contribution in [3.8, 4) is 28.7 Å². The van der Waals surface area contributed by atoms with Crippen molar-refractivity contribution >= 4 is 11.8 Å². The quantitative estimate of drug-likeness (QED) is 0.711. The maximum absolute atomic E-state index is 12.9. The standard InChI is InChI=1S/C18H16O8/c1-8(19)25-18-15(23)13-12(7-11(21)17(24-2)14(13)22)26-16(18)9-3-5-10(20)6-4-9/h3-7,16,18,20-22H,1-2H3. The van der Waals surface area contributed by atoms with Gasteiger partial charge in [-0.25, -0.2) is 0 Å². The Morgan fingerprint density at radius 3 is 2.38 bits per heavy atom. The Hall–Kier alpha value is -3.42. The first-order valence-electron chi connectivity index (χ1n) is 7.63. The van der Waals surface area contributed by atoms with Gasteiger partial charge in [0, 0.05) is 13.0 Å². The van der Waals surface area contributed by atoms with Gasteiger partial charge in [0.25, 0.3) is 0 Å². The van der Waals surface area contributed by atoms with E-state index in [2.05, 4.69) is 0 Å². The predicted molar refractivity (Wildman–Crippen MR) is 87.7 cm³/mol. The van der Waals surface area contributed by atoms with Crippen LogP contribution in [0.1, 0.15) is 28.9 Å². The van der Waals surface area contributed by atoms with E-state index in [1.807, 2.05) is 0 Å². The fourth-order valence-corrected chi connectivity index (χ4v) is 2.83. The second-order valence-corrected chi connectivity index (χ2v) is 5.67. The molecule has 0 aromatic heterocycles. The fraction of sp³-hybridized carbons (Fsp3) is 0.222. The molecule has 0 amide bonds. The lowest BCUT2D eigenvalue weighted by Gasteiger charge is -2.32. The molecular weight excluding hydrogens is 344 g/mol. The molecule has 0 spiro atoms. The average molecular weight is 360 g/mol. The third-order valence-electron chi connectivity index (χ3n) is 3.95. The Morgan fingerprint density at radius 1 is 1.15 bits per heavy atom. The Morgan fingerprint density at radius 2 is 1.81 bits per heavy atom. The number of phenols is 3. The molecule has 8 heteroatoms. The first-order chi connectivity index (χ1) is 12.3. The van der Waals surface area contributed by atoms with E-state index in [0.717, 1.165) is 13.0 Å². The Bertz CT molecular complexity index is 872. The number of rotatable bonds is 3. The molecule has 0 bridgehead atoms. The van der Waals surface area contributed by atoms with E-state index in [1.54, 1.807) is 0 Å². The maximum Gasteiger partial charge on any atom is 0.303 e. The molecule has 1 aliphatic heterocycles. The molecule has 2 unspecified atom stereocenters. The molecule has 0 fully saturated rings. The van der Waals surface area contributed by atoms with Crippen LogP contribution in [0.3, 0.4) is 0 Å². The number of ketones is 1. The number of phenolic OH excluding ortho intramolecular Hbond substituents is 3. The minimum Gasteiger partial charge on any atom is -0.508 e. The Balaban J connectivity index is 2.14. The molecule has 3 rings (SSSR count). The summed E-state index contributed by atoms with van der Waals surface area (Å²) < 4.78 is 15.8. The molecule has 26 heavy (non-hydrogen) atoms. The van der Waals surface area contributed by atoms with E-state index < -0.39 is 35.5 Å². The van der Waals surface area contributed by atoms with Gasteiger partial charge in [-0.1, -0.05) is 12.1 Å². The van der Waals surface area contributed by atoms with Crippen molar-refractivity contribution in [2.45, 2.75) is 19.1 Å². The minimum absolute atomic E-state index is 0.0142. The number of methoxy groups -OCH3 is 1. The van der Waals surface area contributed by atoms with E-state index in [0.29, 0.717) is 5.56 Å². The molecule has 1 heterocycles. The van der Waals surface area contributed by atoms with E-state index in [-0.39, 0.29) is 22.8 Å². The highest BCUT2D eigenvalue weighted by Crippen LogP contribution is 2.48. The molecule has 8 nitrogen and oxygen atoms in total. The molecule has 136 valence electrons. The molecule has 1 aliphatic rings. The molecule has 0 saturated heterocycles. The zero-order valence-corrected chi connectivity index (χ0v) is 13.9. The van der Waals surface area contributed by atoms with Crippen LogP contribution in [0.5, 0.6) is 28.7 Å². The van der Waals surface area contributed by atoms with Gasteiger partial charge in [0.2, 0.25) is 17.6 Å². The SMILES string of the molecule is COc1c(O)cc2c(c1O)C(=O)C(OC(C)=O)C(c1ccc(O)cc1)O2. The summed E-state index contributed by atoms with van der Waals surface area (Å²) >= 11 is 0. The van der Waals surface area contributed by atoms with Crippen LogP contribution in [-0.4, -0.2) is 40.3 Å². The van der Waals surface area contributed by atoms with Gasteiger partial charge in [-0.2, -0.15) is 0 Å². The van der Waals surface area contributed by atoms with Gasteiger partial charge in [-0.3, -0.25) is 9.59 Å². The number of fused-ring (bicyclic) bond motifs is 1. The lowest BCUT2D eigenvalue weighted by atomic mass is 9.92. The number of ether oxygens (including phenoxy) is 3. The highest BCUT2D eigenvalue weighted by atomic mass is 16.6. The number of hydrogen-bond donors (Lipinski definition) is 3. The van der Waals surface area contributed by atoms with Crippen molar-refractivity contribution < 1.29 is 39.1 Å². The zero-order valence-electron chi connectivity index (χ0n) is 13.9. The van der Waals surface area contributed by atoms with E-state index in [1.165, 1.54) is 31.4 Å². The normalized spacial score (nSPS) is 18.6. The summed E-state index contributed by atoms with van der Waals surface area (Å²) in [5.41, 5.74) is 0.212. The maximum atomic E-state index is 12.9. The average Bonchev–Trinajstić information content (AvgIpc) is 2.57. The Labute approximate surface area is 148 Å². The lowest BCUT2D eigenvalue weighted by Crippen LogP contribution is -2.39. The first-order valence-corrected chi connectivity index (χ1v) is 7.63. The summed E-state index contributed by atoms with van der Waals surface area (Å²) in [6, 6.07) is 6.96. The molecule has 3 N–H and O–H groups in total. The molecular formula is C18H16O8. The van der Waals surface area contributed by atoms with E-state index in [9.17, 15) is 24.9 Å². The third kappa shape index (κ3) is 2.85. The summed E-state index contributed by atoms with van der Waals surface area (Å²) in [7, 11) is 1.22. The van der Waals surface area contributed by atoms with Crippen molar-refractivity contribution in [3.63, 3.8) is 0 Å². The molecule has 0 radical (unpaired) electrons. The molecule has 2 aromatic carbocycles. The van der Waals surface area contributed by atoms with Crippen molar-refractivity contribution in [2.75, 3.05) is 7.11 Å². The summed E-state index contributed by atoms with van der Waals surface area (Å²) in [6.07, 6.45) is -2.38. The number of esters is 1. The number of benzene rings is 2. The van der Waals surface area contributed by atoms with E-state index in [4.69, 9.17) is 14.2 Å². The predicted octanol–water partition coefficient (Wildman–Crippen LogP) is 2.06. The second-order valence-electron chi connectivity index (χ2n) is 5.67. The largest absolute Gasteiger partial charge is 0.508 e. The van der Waals surface area contributed by atoms with Crippen LogP contribution >= 0.6 is 0 Å². The second kappa shape index (κ2) is 6.47. The van der Waals surface area contributed by atoms with Crippen molar-refractivity contribution in [2.24, 2.45) is 0 Å². The van der Waals surface area contributed by atoms with Crippen LogP contribution in [-0.2, 0) is 9.53 Å². The number of Topliss-reactive ketones (excluding diaryl/α,β-unsaturated/α-hetero) is 1. The van der Waals surface area contributed by atoms with Gasteiger partial charge in [0.05, 0.1) is 7.11 Å². The van der Waals surface area contributed by atoms with Crippen molar-refractivity contribution in [1.29, 1.82) is 0 Å². The van der Waals surface area contributed by atoms with Gasteiger partial charge in [0.15, 0.2) is 17.6 Å². The summed E-state index contributed by atoms with van der Waals surface area (Å²) in [5.74, 6) is -2.77. The van der Waals surface area contributed by atoms with Gasteiger partial charge < -0.3 is 29.5 Å². The lowest BCUT2D eigenvalue weighted by molar-refractivity contribution is -0.148.